The van der Waals surface area contributed by atoms with Crippen molar-refractivity contribution in [3.05, 3.63) is 36.4 Å². The summed E-state index contributed by atoms with van der Waals surface area (Å²) in [4.78, 5) is 13.7. The van der Waals surface area contributed by atoms with E-state index in [0.29, 0.717) is 23.1 Å². The molecule has 1 aliphatic heterocycles. The van der Waals surface area contributed by atoms with Crippen molar-refractivity contribution in [1.29, 1.82) is 0 Å². The molecule has 1 N–H and O–H groups in total. The molecule has 1 aliphatic rings. The van der Waals surface area contributed by atoms with Crippen molar-refractivity contribution in [2.75, 3.05) is 21.9 Å². The van der Waals surface area contributed by atoms with Crippen LogP contribution in [0.2, 0.25) is 0 Å². The number of carbonyl (C=O) groups is 1. The van der Waals surface area contributed by atoms with Gasteiger partial charge < -0.3 is 4.90 Å². The van der Waals surface area contributed by atoms with E-state index >= 15 is 0 Å². The van der Waals surface area contributed by atoms with Crippen LogP contribution in [0, 0.1) is 6.92 Å². The number of nitrogens with zero attached hydrogens (tertiary/aromatic N) is 3. The van der Waals surface area contributed by atoms with Gasteiger partial charge in [-0.25, -0.2) is 8.42 Å². The van der Waals surface area contributed by atoms with Gasteiger partial charge in [-0.3, -0.25) is 9.52 Å². The molecule has 1 aromatic carbocycles. The molecule has 0 bridgehead atoms. The summed E-state index contributed by atoms with van der Waals surface area (Å²) >= 11 is 2.61. The van der Waals surface area contributed by atoms with Crippen molar-refractivity contribution in [1.82, 2.24) is 10.2 Å². The Kier molecular flexibility index (Phi) is 5.64. The molecule has 2 aromatic rings. The fourth-order valence-electron chi connectivity index (χ4n) is 2.61. The number of aromatic nitrogens is 2. The van der Waals surface area contributed by atoms with E-state index in [4.69, 9.17) is 0 Å². The molecule has 138 valence electrons. The SMILES string of the molecule is C=CCSc1nnc(NS(=O)(=O)c2ccc(N3CCCC3=O)c(C)c2)s1. The minimum Gasteiger partial charge on any atom is -0.312 e. The maximum Gasteiger partial charge on any atom is 0.263 e. The molecule has 10 heteroatoms. The first kappa shape index (κ1) is 18.9. The van der Waals surface area contributed by atoms with Crippen molar-refractivity contribution in [3.63, 3.8) is 0 Å². The molecule has 0 radical (unpaired) electrons. The van der Waals surface area contributed by atoms with Gasteiger partial charge in [0.2, 0.25) is 11.0 Å². The molecule has 0 spiro atoms. The van der Waals surface area contributed by atoms with Crippen LogP contribution in [0.4, 0.5) is 10.8 Å². The number of sulfonamides is 1. The summed E-state index contributed by atoms with van der Waals surface area (Å²) in [6.07, 6.45) is 3.10. The van der Waals surface area contributed by atoms with Crippen molar-refractivity contribution in [2.24, 2.45) is 0 Å². The summed E-state index contributed by atoms with van der Waals surface area (Å²) < 4.78 is 28.3. The van der Waals surface area contributed by atoms with Crippen LogP contribution in [0.5, 0.6) is 0 Å². The fourth-order valence-corrected chi connectivity index (χ4v) is 5.44. The molecule has 0 saturated carbocycles. The summed E-state index contributed by atoms with van der Waals surface area (Å²) in [5.41, 5.74) is 1.49. The average Bonchev–Trinajstić information content (AvgIpc) is 3.21. The van der Waals surface area contributed by atoms with E-state index in [-0.39, 0.29) is 15.9 Å². The van der Waals surface area contributed by atoms with Gasteiger partial charge in [-0.2, -0.15) is 0 Å². The standard InChI is InChI=1S/C16H18N4O3S3/c1-3-9-24-16-18-17-15(25-16)19-26(22,23)12-6-7-13(11(2)10-12)20-8-4-5-14(20)21/h3,6-7,10H,1,4-5,8-9H2,2H3,(H,17,19). The number of anilines is 2. The molecule has 3 rings (SSSR count). The first-order valence-electron chi connectivity index (χ1n) is 7.92. The largest absolute Gasteiger partial charge is 0.312 e. The van der Waals surface area contributed by atoms with Crippen LogP contribution in [0.15, 0.2) is 40.1 Å². The van der Waals surface area contributed by atoms with Gasteiger partial charge in [0, 0.05) is 24.4 Å². The molecular weight excluding hydrogens is 392 g/mol. The van der Waals surface area contributed by atoms with Gasteiger partial charge >= 0.3 is 0 Å². The maximum atomic E-state index is 12.6. The Morgan fingerprint density at radius 3 is 2.88 bits per heavy atom. The van der Waals surface area contributed by atoms with Crippen LogP contribution in [-0.4, -0.2) is 36.8 Å². The van der Waals surface area contributed by atoms with Crippen LogP contribution < -0.4 is 9.62 Å². The third kappa shape index (κ3) is 4.08. The third-order valence-corrected chi connectivity index (χ3v) is 7.23. The highest BCUT2D eigenvalue weighted by molar-refractivity contribution is 8.01. The quantitative estimate of drug-likeness (QED) is 0.557. The summed E-state index contributed by atoms with van der Waals surface area (Å²) in [5, 5.41) is 8.02. The molecule has 1 fully saturated rings. The summed E-state index contributed by atoms with van der Waals surface area (Å²) in [6.45, 7) is 6.10. The molecule has 0 atom stereocenters. The second-order valence-corrected chi connectivity index (χ2v) is 9.60. The highest BCUT2D eigenvalue weighted by Gasteiger charge is 2.24. The Hall–Kier alpha value is -1.91. The van der Waals surface area contributed by atoms with E-state index in [1.54, 1.807) is 30.0 Å². The van der Waals surface area contributed by atoms with Crippen LogP contribution in [-0.2, 0) is 14.8 Å². The number of hydrogen-bond acceptors (Lipinski definition) is 7. The van der Waals surface area contributed by atoms with Gasteiger partial charge in [-0.1, -0.05) is 29.2 Å². The molecule has 7 nitrogen and oxygen atoms in total. The Balaban J connectivity index is 1.78. The van der Waals surface area contributed by atoms with Gasteiger partial charge in [0.15, 0.2) is 4.34 Å². The zero-order valence-electron chi connectivity index (χ0n) is 14.1. The number of amides is 1. The molecule has 1 aromatic heterocycles. The lowest BCUT2D eigenvalue weighted by molar-refractivity contribution is -0.117. The second-order valence-electron chi connectivity index (χ2n) is 5.68. The second kappa shape index (κ2) is 7.77. The van der Waals surface area contributed by atoms with Crippen molar-refractivity contribution >= 4 is 49.8 Å². The van der Waals surface area contributed by atoms with Gasteiger partial charge in [-0.15, -0.1) is 16.8 Å². The van der Waals surface area contributed by atoms with E-state index in [2.05, 4.69) is 21.5 Å². The maximum absolute atomic E-state index is 12.6. The molecule has 1 amide bonds. The molecular formula is C16H18N4O3S3. The van der Waals surface area contributed by atoms with Crippen molar-refractivity contribution in [3.8, 4) is 0 Å². The highest BCUT2D eigenvalue weighted by Crippen LogP contribution is 2.30. The van der Waals surface area contributed by atoms with Crippen LogP contribution in [0.1, 0.15) is 18.4 Å². The summed E-state index contributed by atoms with van der Waals surface area (Å²) in [7, 11) is -3.77. The smallest absolute Gasteiger partial charge is 0.263 e. The normalized spacial score (nSPS) is 14.7. The van der Waals surface area contributed by atoms with Crippen molar-refractivity contribution in [2.45, 2.75) is 29.0 Å². The predicted molar refractivity (Wildman–Crippen MR) is 104 cm³/mol. The Labute approximate surface area is 160 Å². The number of benzene rings is 1. The van der Waals surface area contributed by atoms with Gasteiger partial charge in [0.1, 0.15) is 0 Å². The fraction of sp³-hybridized carbons (Fsp3) is 0.312. The average molecular weight is 411 g/mol. The Morgan fingerprint density at radius 1 is 1.42 bits per heavy atom. The molecule has 26 heavy (non-hydrogen) atoms. The topological polar surface area (TPSA) is 92.3 Å². The first-order valence-corrected chi connectivity index (χ1v) is 11.2. The van der Waals surface area contributed by atoms with E-state index in [9.17, 15) is 13.2 Å². The lowest BCUT2D eigenvalue weighted by Gasteiger charge is -2.19. The minimum absolute atomic E-state index is 0.0697. The van der Waals surface area contributed by atoms with Gasteiger partial charge in [-0.05, 0) is 37.1 Å². The van der Waals surface area contributed by atoms with E-state index < -0.39 is 10.0 Å². The van der Waals surface area contributed by atoms with Crippen LogP contribution in [0.3, 0.4) is 0 Å². The highest BCUT2D eigenvalue weighted by atomic mass is 32.2. The number of hydrogen-bond donors (Lipinski definition) is 1. The zero-order chi connectivity index (χ0) is 18.7. The summed E-state index contributed by atoms with van der Waals surface area (Å²) in [5.74, 6) is 0.748. The Morgan fingerprint density at radius 2 is 2.23 bits per heavy atom. The number of aryl methyl sites for hydroxylation is 1. The number of nitrogens with one attached hydrogen (secondary N) is 1. The van der Waals surface area contributed by atoms with Crippen LogP contribution >= 0.6 is 23.1 Å². The van der Waals surface area contributed by atoms with E-state index in [1.807, 2.05) is 0 Å². The Bertz CT molecular complexity index is 940. The van der Waals surface area contributed by atoms with Crippen molar-refractivity contribution < 1.29 is 13.2 Å². The van der Waals surface area contributed by atoms with Gasteiger partial charge in [0.05, 0.1) is 4.90 Å². The van der Waals surface area contributed by atoms with E-state index in [1.165, 1.54) is 29.2 Å². The van der Waals surface area contributed by atoms with Gasteiger partial charge in [0.25, 0.3) is 10.0 Å². The minimum atomic E-state index is -3.77. The van der Waals surface area contributed by atoms with E-state index in [0.717, 1.165) is 17.7 Å². The molecule has 2 heterocycles. The number of thioether (sulfide) groups is 1. The zero-order valence-corrected chi connectivity index (χ0v) is 16.6. The lowest BCUT2D eigenvalue weighted by atomic mass is 10.2. The first-order chi connectivity index (χ1) is 12.4. The molecule has 0 unspecified atom stereocenters. The number of carbonyl (C=O) groups excluding carboxylic acids is 1. The number of rotatable bonds is 7. The van der Waals surface area contributed by atoms with Crippen LogP contribution in [0.25, 0.3) is 0 Å². The predicted octanol–water partition coefficient (Wildman–Crippen LogP) is 3.05. The lowest BCUT2D eigenvalue weighted by Crippen LogP contribution is -2.24. The third-order valence-electron chi connectivity index (χ3n) is 3.80. The molecule has 1 saturated heterocycles. The monoisotopic (exact) mass is 410 g/mol. The molecule has 0 aliphatic carbocycles. The summed E-state index contributed by atoms with van der Waals surface area (Å²) in [6, 6.07) is 4.75.